The zero-order chi connectivity index (χ0) is 57.9. The number of carbonyl (C=O) groups excluding carboxylic acids is 2. The molecule has 0 aliphatic carbocycles. The fourth-order valence-corrected chi connectivity index (χ4v) is 9.19. The first kappa shape index (κ1) is 75.4. The second-order valence-corrected chi connectivity index (χ2v) is 23.6. The molecule has 1 N–H and O–H groups in total. The molecule has 79 heavy (non-hydrogen) atoms. The van der Waals surface area contributed by atoms with Crippen LogP contribution in [0.1, 0.15) is 252 Å². The minimum Gasteiger partial charge on any atom is -0.756 e. The van der Waals surface area contributed by atoms with Gasteiger partial charge in [0.15, 0.2) is 0 Å². The Morgan fingerprint density at radius 2 is 0.810 bits per heavy atom. The molecule has 0 rings (SSSR count). The molecule has 0 saturated heterocycles. The topological polar surface area (TPSA) is 114 Å². The molecule has 0 radical (unpaired) electrons. The van der Waals surface area contributed by atoms with Crippen LogP contribution in [0.15, 0.2) is 122 Å². The number of esters is 1. The number of allylic oxidation sites excluding steroid dienone is 19. The third-order valence-electron chi connectivity index (χ3n) is 13.4. The van der Waals surface area contributed by atoms with Crippen LogP contribution in [0.5, 0.6) is 0 Å². The number of rotatable bonds is 56. The molecule has 1 amide bonds. The van der Waals surface area contributed by atoms with Crippen LogP contribution in [0, 0.1) is 0 Å². The van der Waals surface area contributed by atoms with Gasteiger partial charge in [-0.05, 0) is 122 Å². The van der Waals surface area contributed by atoms with E-state index in [1.807, 2.05) is 33.3 Å². The smallest absolute Gasteiger partial charge is 0.306 e. The Bertz CT molecular complexity index is 1770. The number of hydrogen-bond donors (Lipinski definition) is 1. The van der Waals surface area contributed by atoms with Crippen molar-refractivity contribution in [1.29, 1.82) is 0 Å². The second kappa shape index (κ2) is 57.6. The first-order chi connectivity index (χ1) is 38.4. The molecular formula is C69H119N2O7P. The molecule has 3 atom stereocenters. The van der Waals surface area contributed by atoms with Gasteiger partial charge in [0.05, 0.1) is 33.8 Å². The number of quaternary nitrogens is 1. The molecule has 9 nitrogen and oxygen atoms in total. The molecule has 0 saturated carbocycles. The summed E-state index contributed by atoms with van der Waals surface area (Å²) in [4.78, 5) is 40.0. The van der Waals surface area contributed by atoms with Crippen LogP contribution in [0.25, 0.3) is 0 Å². The SMILES string of the molecule is CC/C=C\C/C=C\C/C=C\C/C=C\C/C=C\CCCCCC(=O)OC(/C=C/CCCCCCCCCCCCC)C(COP(=O)([O-])OCC[N+](C)(C)C)NC(=O)CCCCCCC/C=C\C/C=C\C/C=C\C/C=C\CCCCC. The van der Waals surface area contributed by atoms with Crippen LogP contribution < -0.4 is 10.2 Å². The monoisotopic (exact) mass is 1120 g/mol. The van der Waals surface area contributed by atoms with E-state index >= 15 is 0 Å². The molecule has 0 aromatic carbocycles. The van der Waals surface area contributed by atoms with Crippen molar-refractivity contribution in [2.24, 2.45) is 0 Å². The molecule has 0 aromatic heterocycles. The molecule has 0 aliphatic heterocycles. The zero-order valence-electron chi connectivity index (χ0n) is 51.5. The maximum atomic E-state index is 13.6. The molecule has 0 aliphatic rings. The van der Waals surface area contributed by atoms with Crippen LogP contribution in [0.3, 0.4) is 0 Å². The summed E-state index contributed by atoms with van der Waals surface area (Å²) in [6, 6.07) is -0.921. The summed E-state index contributed by atoms with van der Waals surface area (Å²) in [5.41, 5.74) is 0. The molecule has 0 spiro atoms. The molecule has 3 unspecified atom stereocenters. The van der Waals surface area contributed by atoms with Gasteiger partial charge in [-0.3, -0.25) is 14.2 Å². The van der Waals surface area contributed by atoms with Gasteiger partial charge in [0, 0.05) is 12.8 Å². The normalized spacial score (nSPS) is 14.5. The second-order valence-electron chi connectivity index (χ2n) is 22.2. The lowest BCUT2D eigenvalue weighted by molar-refractivity contribution is -0.870. The molecule has 452 valence electrons. The van der Waals surface area contributed by atoms with E-state index in [0.717, 1.165) is 122 Å². The molecular weight excluding hydrogens is 1000 g/mol. The molecule has 0 aromatic rings. The van der Waals surface area contributed by atoms with E-state index in [1.165, 1.54) is 83.5 Å². The number of nitrogens with zero attached hydrogens (tertiary/aromatic N) is 1. The number of phosphoric acid groups is 1. The quantitative estimate of drug-likeness (QED) is 0.0212. The first-order valence-electron chi connectivity index (χ1n) is 31.8. The van der Waals surface area contributed by atoms with E-state index in [-0.39, 0.29) is 31.3 Å². The fraction of sp³-hybridized carbons (Fsp3) is 0.681. The lowest BCUT2D eigenvalue weighted by Gasteiger charge is -2.30. The van der Waals surface area contributed by atoms with E-state index in [9.17, 15) is 19.0 Å². The summed E-state index contributed by atoms with van der Waals surface area (Å²) < 4.78 is 30.3. The third-order valence-corrected chi connectivity index (χ3v) is 14.3. The minimum absolute atomic E-state index is 0.0385. The van der Waals surface area contributed by atoms with Crippen LogP contribution in [-0.4, -0.2) is 69.4 Å². The number of phosphoric ester groups is 1. The van der Waals surface area contributed by atoms with Crippen molar-refractivity contribution < 1.29 is 37.3 Å². The van der Waals surface area contributed by atoms with Gasteiger partial charge >= 0.3 is 5.97 Å². The van der Waals surface area contributed by atoms with Gasteiger partial charge in [0.25, 0.3) is 7.82 Å². The summed E-state index contributed by atoms with van der Waals surface area (Å²) in [5, 5.41) is 3.01. The number of hydrogen-bond acceptors (Lipinski definition) is 7. The highest BCUT2D eigenvalue weighted by atomic mass is 31.2. The van der Waals surface area contributed by atoms with Crippen molar-refractivity contribution in [3.63, 3.8) is 0 Å². The predicted molar refractivity (Wildman–Crippen MR) is 339 cm³/mol. The standard InChI is InChI=1S/C69H119N2O7P/c1-7-10-13-16-19-22-25-28-30-32-34-35-37-38-40-43-46-49-52-55-58-61-68(72)70-66(65-77-79(74,75)76-64-63-71(4,5)6)67(60-57-54-51-48-45-42-27-24-21-18-15-12-9-3)78-69(73)62-59-56-53-50-47-44-41-39-36-33-31-29-26-23-20-17-14-11-8-2/h11,14,19-20,22-23,28-31,34-36,38-40,44,47,57,60,66-67H,7-10,12-13,15-18,21,24-27,32-33,37,41-43,45-46,48-56,58-59,61-65H2,1-6H3,(H-,70,72,74,75)/b14-11-,22-19-,23-20-,30-28-,31-29-,35-34-,39-36-,40-38-,47-44-,60-57+. The number of carbonyl (C=O) groups is 2. The Morgan fingerprint density at radius 3 is 1.25 bits per heavy atom. The van der Waals surface area contributed by atoms with Crippen molar-refractivity contribution in [3.05, 3.63) is 122 Å². The lowest BCUT2D eigenvalue weighted by atomic mass is 10.0. The average Bonchev–Trinajstić information content (AvgIpc) is 3.41. The van der Waals surface area contributed by atoms with Crippen molar-refractivity contribution in [2.75, 3.05) is 40.9 Å². The number of unbranched alkanes of at least 4 members (excludes halogenated alkanes) is 22. The highest BCUT2D eigenvalue weighted by Crippen LogP contribution is 2.38. The first-order valence-corrected chi connectivity index (χ1v) is 33.3. The van der Waals surface area contributed by atoms with Crippen molar-refractivity contribution in [2.45, 2.75) is 264 Å². The summed E-state index contributed by atoms with van der Waals surface area (Å²) in [7, 11) is 1.13. The summed E-state index contributed by atoms with van der Waals surface area (Å²) >= 11 is 0. The predicted octanol–water partition coefficient (Wildman–Crippen LogP) is 19.3. The Hall–Kier alpha value is -3.59. The van der Waals surface area contributed by atoms with E-state index in [0.29, 0.717) is 23.9 Å². The van der Waals surface area contributed by atoms with Crippen LogP contribution >= 0.6 is 7.82 Å². The largest absolute Gasteiger partial charge is 0.756 e. The molecule has 10 heteroatoms. The van der Waals surface area contributed by atoms with Crippen molar-refractivity contribution in [1.82, 2.24) is 5.32 Å². The number of nitrogens with one attached hydrogen (secondary N) is 1. The van der Waals surface area contributed by atoms with Gasteiger partial charge in [-0.1, -0.05) is 239 Å². The van der Waals surface area contributed by atoms with Crippen LogP contribution in [-0.2, 0) is 27.9 Å². The fourth-order valence-electron chi connectivity index (χ4n) is 8.47. The van der Waals surface area contributed by atoms with Gasteiger partial charge in [0.2, 0.25) is 5.91 Å². The maximum Gasteiger partial charge on any atom is 0.306 e. The lowest BCUT2D eigenvalue weighted by Crippen LogP contribution is -2.47. The van der Waals surface area contributed by atoms with Gasteiger partial charge < -0.3 is 28.5 Å². The molecule has 0 heterocycles. The van der Waals surface area contributed by atoms with Crippen molar-refractivity contribution in [3.8, 4) is 0 Å². The Kier molecular flexibility index (Phi) is 55.0. The summed E-state index contributed by atoms with van der Waals surface area (Å²) in [5.74, 6) is -0.606. The van der Waals surface area contributed by atoms with Gasteiger partial charge in [-0.2, -0.15) is 0 Å². The maximum absolute atomic E-state index is 13.6. The highest BCUT2D eigenvalue weighted by molar-refractivity contribution is 7.45. The van der Waals surface area contributed by atoms with Crippen LogP contribution in [0.4, 0.5) is 0 Å². The Morgan fingerprint density at radius 1 is 0.456 bits per heavy atom. The average molecular weight is 1120 g/mol. The Balaban J connectivity index is 5.38. The third kappa shape index (κ3) is 58.9. The summed E-state index contributed by atoms with van der Waals surface area (Å²) in [6.07, 6.45) is 80.2. The van der Waals surface area contributed by atoms with E-state index in [4.69, 9.17) is 13.8 Å². The van der Waals surface area contributed by atoms with Gasteiger partial charge in [-0.15, -0.1) is 0 Å². The highest BCUT2D eigenvalue weighted by Gasteiger charge is 2.27. The van der Waals surface area contributed by atoms with Gasteiger partial charge in [0.1, 0.15) is 19.3 Å². The van der Waals surface area contributed by atoms with Crippen LogP contribution in [0.2, 0.25) is 0 Å². The summed E-state index contributed by atoms with van der Waals surface area (Å²) in [6.45, 7) is 6.65. The minimum atomic E-state index is -4.72. The molecule has 0 fully saturated rings. The zero-order valence-corrected chi connectivity index (χ0v) is 52.4. The number of likely N-dealkylation sites (N-methyl/N-ethyl adjacent to an activating group) is 1. The molecule has 0 bridgehead atoms. The van der Waals surface area contributed by atoms with E-state index in [2.05, 4.69) is 135 Å². The Labute approximate surface area is 486 Å². The van der Waals surface area contributed by atoms with Crippen molar-refractivity contribution >= 4 is 19.7 Å². The van der Waals surface area contributed by atoms with E-state index in [1.54, 1.807) is 0 Å². The number of ether oxygens (including phenoxy) is 1. The van der Waals surface area contributed by atoms with E-state index < -0.39 is 26.6 Å². The van der Waals surface area contributed by atoms with Gasteiger partial charge in [-0.25, -0.2) is 0 Å². The number of amides is 1.